The fourth-order valence-corrected chi connectivity index (χ4v) is 9.69. The zero-order valence-electron chi connectivity index (χ0n) is 48.7. The SMILES string of the molecule is C=[N+]([CH-]c1ccccc1O)c1ccccc1.C=[N+]([CH-]c1ccccc1O)c1ccccc1.CC.CC.Cc1cc(C)c(N2[CH-]N(c3c(C)cc(C)cc3C)CC2)c(C)c1.[CH3-].[CH3-].[Re].[Rf].[Ru+]=[C]1C=C(c2ccccc2)c2ccccc21. The van der Waals surface area contributed by atoms with Gasteiger partial charge in [-0.2, -0.15) is 6.67 Å². The molecule has 0 aromatic heterocycles. The second-order valence-electron chi connectivity index (χ2n) is 17.8. The van der Waals surface area contributed by atoms with Gasteiger partial charge in [-0.3, -0.25) is 9.15 Å². The third kappa shape index (κ3) is 19.1. The molecule has 412 valence electrons. The van der Waals surface area contributed by atoms with Crippen LogP contribution in [0.4, 0.5) is 22.7 Å². The van der Waals surface area contributed by atoms with Crippen LogP contribution in [-0.4, -0.2) is 50.0 Å². The molecule has 0 unspecified atom stereocenters. The van der Waals surface area contributed by atoms with E-state index in [1.807, 2.05) is 113 Å². The Morgan fingerprint density at radius 3 is 1.16 bits per heavy atom. The molecule has 1 saturated heterocycles. The van der Waals surface area contributed by atoms with Gasteiger partial charge in [-0.1, -0.05) is 136 Å². The molecule has 0 spiro atoms. The second kappa shape index (κ2) is 34.7. The fraction of sp³-hybridized carbons (Fsp3) is 0.171. The van der Waals surface area contributed by atoms with Gasteiger partial charge in [-0.05, 0) is 99.2 Å². The molecule has 79 heavy (non-hydrogen) atoms. The molecule has 8 aromatic carbocycles. The van der Waals surface area contributed by atoms with E-state index >= 15 is 0 Å². The Hall–Kier alpha value is -8.06. The number of hydrogen-bond donors (Lipinski definition) is 2. The van der Waals surface area contributed by atoms with E-state index in [1.54, 1.807) is 46.5 Å². The maximum atomic E-state index is 9.62. The number of allylic oxidation sites excluding steroid dienone is 1. The van der Waals surface area contributed by atoms with Gasteiger partial charge < -0.3 is 34.9 Å². The average molecular weight is 1560 g/mol. The third-order valence-corrected chi connectivity index (χ3v) is 12.9. The number of aryl methyl sites for hydroxylation is 6. The summed E-state index contributed by atoms with van der Waals surface area (Å²) in [5, 5.41) is 19.2. The standard InChI is InChI=1S/C21H27N2.C15H10.2C14H13NO.2C2H6.2CH3.Re.Rf.Ru/c1-14-9-16(3)20(17(4)10-14)22-7-8-23(13-22)21-18(5)11-15(2)12-19(21)6;1-2-6-12(7-3-1)15-11-10-13-8-4-5-9-14(13)15;2*1-15(13-8-3-2-4-9-13)11-12-7-5-6-10-14(12)16;2*1-2;;;;;/h9-13H,7-8H2,1-6H3;1-9,11H;2*2-11,16H,1H2;2*1-2H3;2*1H3;;;/q-1;;;;;;2*-1;;;+1. The van der Waals surface area contributed by atoms with E-state index in [2.05, 4.69) is 174 Å². The first-order valence-corrected chi connectivity index (χ1v) is 26.6. The molecular weight excluding hydrogens is 1480 g/mol. The van der Waals surface area contributed by atoms with Crippen LogP contribution in [0.25, 0.3) is 5.57 Å². The van der Waals surface area contributed by atoms with Gasteiger partial charge in [0.2, 0.25) is 0 Å². The van der Waals surface area contributed by atoms with Crippen molar-refractivity contribution in [3.05, 3.63) is 290 Å². The average Bonchev–Trinajstić information content (AvgIpc) is 4.07. The van der Waals surface area contributed by atoms with Crippen molar-refractivity contribution in [3.63, 3.8) is 0 Å². The number of anilines is 2. The summed E-state index contributed by atoms with van der Waals surface area (Å²) in [4.78, 5) is 4.81. The van der Waals surface area contributed by atoms with E-state index in [-0.39, 0.29) is 46.8 Å². The summed E-state index contributed by atoms with van der Waals surface area (Å²) in [5.41, 5.74) is 19.6. The minimum atomic E-state index is 0. The van der Waals surface area contributed by atoms with Gasteiger partial charge in [0, 0.05) is 44.9 Å². The van der Waals surface area contributed by atoms with E-state index in [4.69, 9.17) is 0 Å². The fourth-order valence-electron chi connectivity index (χ4n) is 9.06. The number of phenolic OH excluding ortho intramolecular Hbond substituents is 2. The Kier molecular flexibility index (Phi) is 30.2. The van der Waals surface area contributed by atoms with Crippen molar-refractivity contribution < 1.29 is 57.6 Å². The van der Waals surface area contributed by atoms with Gasteiger partial charge in [0.15, 0.2) is 0 Å². The number of fused-ring (bicyclic) bond motifs is 1. The van der Waals surface area contributed by atoms with Crippen LogP contribution in [0.3, 0.4) is 0 Å². The summed E-state index contributed by atoms with van der Waals surface area (Å²) >= 11 is 2.71. The van der Waals surface area contributed by atoms with Gasteiger partial charge in [0.25, 0.3) is 0 Å². The van der Waals surface area contributed by atoms with Gasteiger partial charge >= 0.3 is 105 Å². The normalized spacial score (nSPS) is 11.1. The molecule has 2 N–H and O–H groups in total. The predicted octanol–water partition coefficient (Wildman–Crippen LogP) is 17.0. The van der Waals surface area contributed by atoms with Crippen LogP contribution in [0.15, 0.2) is 194 Å². The zero-order valence-corrected chi connectivity index (χ0v) is 59.5. The van der Waals surface area contributed by atoms with Crippen molar-refractivity contribution >= 4 is 45.9 Å². The molecule has 8 aromatic rings. The molecule has 1 radical (unpaired) electrons. The number of para-hydroxylation sites is 4. The van der Waals surface area contributed by atoms with Crippen LogP contribution < -0.4 is 9.80 Å². The minimum absolute atomic E-state index is 0. The van der Waals surface area contributed by atoms with Crippen molar-refractivity contribution in [2.24, 2.45) is 0 Å². The van der Waals surface area contributed by atoms with Crippen LogP contribution in [-0.2, 0) is 38.3 Å². The quantitative estimate of drug-likeness (QED) is 0.0654. The molecule has 1 heterocycles. The first-order chi connectivity index (χ1) is 36.3. The Balaban J connectivity index is 0.000000513. The number of nitrogens with zero attached hydrogens (tertiary/aromatic N) is 4. The van der Waals surface area contributed by atoms with E-state index in [1.165, 1.54) is 71.1 Å². The van der Waals surface area contributed by atoms with Crippen LogP contribution >= 0.6 is 0 Å². The first kappa shape index (κ1) is 68.9. The van der Waals surface area contributed by atoms with Crippen molar-refractivity contribution in [1.29, 1.82) is 0 Å². The predicted molar refractivity (Wildman–Crippen MR) is 330 cm³/mol. The monoisotopic (exact) mass is 1570 g/mol. The molecule has 0 atom stereocenters. The van der Waals surface area contributed by atoms with Crippen molar-refractivity contribution in [1.82, 2.24) is 0 Å². The first-order valence-electron chi connectivity index (χ1n) is 25.7. The molecule has 1 aliphatic heterocycles. The van der Waals surface area contributed by atoms with E-state index in [9.17, 15) is 10.2 Å². The second-order valence-corrected chi connectivity index (χ2v) is 18.7. The number of hydrogen-bond acceptors (Lipinski definition) is 4. The molecule has 0 bridgehead atoms. The summed E-state index contributed by atoms with van der Waals surface area (Å²) < 4.78 is 4.75. The van der Waals surface area contributed by atoms with Gasteiger partial charge in [-0.25, -0.2) is 0 Å². The Morgan fingerprint density at radius 1 is 0.481 bits per heavy atom. The summed E-state index contributed by atoms with van der Waals surface area (Å²) in [6.07, 6.45) is 2.25. The summed E-state index contributed by atoms with van der Waals surface area (Å²) in [6, 6.07) is 62.1. The summed E-state index contributed by atoms with van der Waals surface area (Å²) in [5.74, 6) is 0.513. The van der Waals surface area contributed by atoms with E-state index in [0.29, 0.717) is 0 Å². The molecule has 2 aliphatic rings. The number of aromatic hydroxyl groups is 2. The van der Waals surface area contributed by atoms with E-state index < -0.39 is 0 Å². The molecule has 6 nitrogen and oxygen atoms in total. The number of phenols is 2. The van der Waals surface area contributed by atoms with Crippen LogP contribution in [0.2, 0.25) is 0 Å². The van der Waals surface area contributed by atoms with Crippen LogP contribution in [0.5, 0.6) is 11.5 Å². The zero-order chi connectivity index (χ0) is 54.4. The maximum absolute atomic E-state index is 9.62. The Labute approximate surface area is 493 Å². The summed E-state index contributed by atoms with van der Waals surface area (Å²) in [6.45, 7) is 37.0. The molecule has 0 saturated carbocycles. The molecule has 10 rings (SSSR count). The Bertz CT molecular complexity index is 2980. The van der Waals surface area contributed by atoms with Gasteiger partial charge in [0.1, 0.15) is 24.5 Å². The number of rotatable bonds is 9. The van der Waals surface area contributed by atoms with Gasteiger partial charge in [0.05, 0.1) is 24.9 Å². The summed E-state index contributed by atoms with van der Waals surface area (Å²) in [7, 11) is 0. The topological polar surface area (TPSA) is 53.0 Å². The molecule has 1 aliphatic carbocycles. The molecular formula is C70H81N4O2ReRfRu-2. The van der Waals surface area contributed by atoms with Gasteiger partial charge in [-0.15, -0.1) is 12.1 Å². The van der Waals surface area contributed by atoms with Crippen molar-refractivity contribution in [2.45, 2.75) is 69.2 Å². The molecule has 0 amide bonds. The van der Waals surface area contributed by atoms with E-state index in [0.717, 1.165) is 35.6 Å². The van der Waals surface area contributed by atoms with Crippen LogP contribution in [0.1, 0.15) is 88.9 Å². The van der Waals surface area contributed by atoms with Crippen molar-refractivity contribution in [3.8, 4) is 11.5 Å². The van der Waals surface area contributed by atoms with Crippen LogP contribution in [0, 0.1) is 76.2 Å². The molecule has 1 fully saturated rings. The molecule has 9 heteroatoms. The number of benzene rings is 8. The van der Waals surface area contributed by atoms with Crippen molar-refractivity contribution in [2.75, 3.05) is 22.9 Å². The third-order valence-electron chi connectivity index (χ3n) is 12.2. The Morgan fingerprint density at radius 2 is 0.797 bits per heavy atom.